The van der Waals surface area contributed by atoms with Gasteiger partial charge in [0.25, 0.3) is 5.91 Å². The van der Waals surface area contributed by atoms with Gasteiger partial charge in [0.15, 0.2) is 0 Å². The molecule has 0 unspecified atom stereocenters. The maximum Gasteiger partial charge on any atom is 0.255 e. The van der Waals surface area contributed by atoms with Gasteiger partial charge in [0.1, 0.15) is 0 Å². The van der Waals surface area contributed by atoms with Crippen molar-refractivity contribution in [3.05, 3.63) is 54.1 Å². The fraction of sp³-hybridized carbons (Fsp3) is 0.450. The van der Waals surface area contributed by atoms with Gasteiger partial charge in [-0.05, 0) is 37.5 Å². The van der Waals surface area contributed by atoms with Crippen LogP contribution in [0.4, 0.5) is 0 Å². The minimum atomic E-state index is 0.00685. The lowest BCUT2D eigenvalue weighted by molar-refractivity contribution is -0.139. The highest BCUT2D eigenvalue weighted by atomic mass is 16.2. The van der Waals surface area contributed by atoms with Gasteiger partial charge in [-0.2, -0.15) is 0 Å². The molecular formula is C20H24N4O2. The molecule has 2 saturated heterocycles. The highest BCUT2D eigenvalue weighted by molar-refractivity contribution is 5.94. The van der Waals surface area contributed by atoms with Crippen molar-refractivity contribution in [2.75, 3.05) is 19.6 Å². The fourth-order valence-electron chi connectivity index (χ4n) is 4.29. The van der Waals surface area contributed by atoms with E-state index in [0.29, 0.717) is 25.1 Å². The molecule has 0 bridgehead atoms. The normalized spacial score (nSPS) is 23.5. The molecule has 26 heavy (non-hydrogen) atoms. The largest absolute Gasteiger partial charge is 0.367 e. The summed E-state index contributed by atoms with van der Waals surface area (Å²) in [4.78, 5) is 36.4. The Hall–Kier alpha value is -2.63. The maximum absolute atomic E-state index is 12.7. The molecule has 4 heterocycles. The Labute approximate surface area is 153 Å². The molecule has 1 spiro atoms. The van der Waals surface area contributed by atoms with Crippen LogP contribution < -0.4 is 0 Å². The minimum Gasteiger partial charge on any atom is -0.367 e. The van der Waals surface area contributed by atoms with Crippen molar-refractivity contribution < 1.29 is 9.59 Å². The molecular weight excluding hydrogens is 328 g/mol. The lowest BCUT2D eigenvalue weighted by Gasteiger charge is -2.48. The number of pyridine rings is 1. The van der Waals surface area contributed by atoms with E-state index < -0.39 is 0 Å². The van der Waals surface area contributed by atoms with E-state index >= 15 is 0 Å². The smallest absolute Gasteiger partial charge is 0.255 e. The number of hydrogen-bond donors (Lipinski definition) is 1. The van der Waals surface area contributed by atoms with E-state index in [1.54, 1.807) is 18.6 Å². The fourth-order valence-corrected chi connectivity index (χ4v) is 4.29. The summed E-state index contributed by atoms with van der Waals surface area (Å²) in [5, 5.41) is 0. The highest BCUT2D eigenvalue weighted by Crippen LogP contribution is 2.39. The number of H-pyrrole nitrogens is 1. The van der Waals surface area contributed by atoms with E-state index in [9.17, 15) is 9.59 Å². The predicted octanol–water partition coefficient (Wildman–Crippen LogP) is 2.45. The number of nitrogens with zero attached hydrogens (tertiary/aromatic N) is 3. The molecule has 6 nitrogen and oxygen atoms in total. The van der Waals surface area contributed by atoms with Gasteiger partial charge >= 0.3 is 0 Å². The van der Waals surface area contributed by atoms with Crippen molar-refractivity contribution >= 4 is 11.8 Å². The number of aromatic nitrogens is 2. The van der Waals surface area contributed by atoms with Crippen LogP contribution in [0.5, 0.6) is 0 Å². The van der Waals surface area contributed by atoms with E-state index in [2.05, 4.69) is 9.97 Å². The monoisotopic (exact) mass is 352 g/mol. The molecule has 2 fully saturated rings. The Balaban J connectivity index is 1.48. The average molecular weight is 352 g/mol. The van der Waals surface area contributed by atoms with Crippen molar-refractivity contribution in [1.29, 1.82) is 0 Å². The number of piperidine rings is 2. The SMILES string of the molecule is O=C1CC[C@@]2(CCCN(C(=O)c3cc[nH]c3)C2)CN1Cc1ccccn1. The molecule has 6 heteroatoms. The van der Waals surface area contributed by atoms with Gasteiger partial charge in [-0.3, -0.25) is 14.6 Å². The third-order valence-corrected chi connectivity index (χ3v) is 5.62. The molecule has 1 atom stereocenters. The van der Waals surface area contributed by atoms with Crippen LogP contribution in [0.15, 0.2) is 42.9 Å². The maximum atomic E-state index is 12.7. The molecule has 2 aliphatic rings. The highest BCUT2D eigenvalue weighted by Gasteiger charge is 2.42. The zero-order valence-electron chi connectivity index (χ0n) is 14.9. The Morgan fingerprint density at radius 1 is 1.23 bits per heavy atom. The van der Waals surface area contributed by atoms with Gasteiger partial charge in [-0.15, -0.1) is 0 Å². The Bertz CT molecular complexity index is 774. The van der Waals surface area contributed by atoms with E-state index in [1.165, 1.54) is 0 Å². The van der Waals surface area contributed by atoms with Crippen molar-refractivity contribution in [2.45, 2.75) is 32.2 Å². The van der Waals surface area contributed by atoms with Crippen molar-refractivity contribution in [3.63, 3.8) is 0 Å². The topological polar surface area (TPSA) is 69.3 Å². The van der Waals surface area contributed by atoms with Crippen LogP contribution in [-0.4, -0.2) is 51.2 Å². The average Bonchev–Trinajstić information content (AvgIpc) is 3.20. The third kappa shape index (κ3) is 3.36. The third-order valence-electron chi connectivity index (χ3n) is 5.62. The first-order valence-electron chi connectivity index (χ1n) is 9.25. The lowest BCUT2D eigenvalue weighted by atomic mass is 9.73. The molecule has 136 valence electrons. The first-order chi connectivity index (χ1) is 12.7. The minimum absolute atomic E-state index is 0.00685. The predicted molar refractivity (Wildman–Crippen MR) is 97.3 cm³/mol. The standard InChI is InChI=1S/C20H24N4O2/c25-18-5-8-20(15-24(18)13-17-4-1-2-9-22-17)7-3-11-23(14-20)19(26)16-6-10-21-12-16/h1-2,4,6,9-10,12,21H,3,5,7-8,11,13-15H2/t20-/m1/s1. The Morgan fingerprint density at radius 3 is 2.92 bits per heavy atom. The summed E-state index contributed by atoms with van der Waals surface area (Å²) in [7, 11) is 0. The molecule has 0 aliphatic carbocycles. The first-order valence-corrected chi connectivity index (χ1v) is 9.25. The summed E-state index contributed by atoms with van der Waals surface area (Å²) in [6.07, 6.45) is 8.76. The number of nitrogens with one attached hydrogen (secondary N) is 1. The second-order valence-electron chi connectivity index (χ2n) is 7.50. The van der Waals surface area contributed by atoms with Gasteiger partial charge < -0.3 is 14.8 Å². The summed E-state index contributed by atoms with van der Waals surface area (Å²) >= 11 is 0. The molecule has 2 aromatic rings. The van der Waals surface area contributed by atoms with Gasteiger partial charge in [-0.25, -0.2) is 0 Å². The number of carbonyl (C=O) groups is 2. The van der Waals surface area contributed by atoms with Crippen molar-refractivity contribution in [3.8, 4) is 0 Å². The molecule has 2 aromatic heterocycles. The number of hydrogen-bond acceptors (Lipinski definition) is 3. The summed E-state index contributed by atoms with van der Waals surface area (Å²) in [5.41, 5.74) is 1.63. The van der Waals surface area contributed by atoms with E-state index in [0.717, 1.165) is 38.0 Å². The second kappa shape index (κ2) is 6.94. The quantitative estimate of drug-likeness (QED) is 0.922. The molecule has 4 rings (SSSR count). The summed E-state index contributed by atoms with van der Waals surface area (Å²) in [6.45, 7) is 2.77. The van der Waals surface area contributed by atoms with E-state index in [1.807, 2.05) is 34.1 Å². The number of aromatic amines is 1. The first kappa shape index (κ1) is 16.8. The Morgan fingerprint density at radius 2 is 2.15 bits per heavy atom. The Kier molecular flexibility index (Phi) is 4.49. The van der Waals surface area contributed by atoms with Gasteiger partial charge in [-0.1, -0.05) is 6.07 Å². The lowest BCUT2D eigenvalue weighted by Crippen LogP contribution is -2.54. The summed E-state index contributed by atoms with van der Waals surface area (Å²) < 4.78 is 0. The van der Waals surface area contributed by atoms with Crippen LogP contribution in [0.2, 0.25) is 0 Å². The van der Waals surface area contributed by atoms with Gasteiger partial charge in [0, 0.05) is 50.1 Å². The van der Waals surface area contributed by atoms with E-state index in [4.69, 9.17) is 0 Å². The van der Waals surface area contributed by atoms with Crippen LogP contribution in [0, 0.1) is 5.41 Å². The number of carbonyl (C=O) groups excluding carboxylic acids is 2. The second-order valence-corrected chi connectivity index (χ2v) is 7.50. The number of amides is 2. The van der Waals surface area contributed by atoms with Crippen LogP contribution in [0.3, 0.4) is 0 Å². The molecule has 0 aromatic carbocycles. The van der Waals surface area contributed by atoms with Gasteiger partial charge in [0.2, 0.25) is 5.91 Å². The van der Waals surface area contributed by atoms with Crippen LogP contribution >= 0.6 is 0 Å². The van der Waals surface area contributed by atoms with Crippen LogP contribution in [0.1, 0.15) is 41.7 Å². The molecule has 2 amide bonds. The van der Waals surface area contributed by atoms with Crippen LogP contribution in [-0.2, 0) is 11.3 Å². The van der Waals surface area contributed by atoms with Crippen molar-refractivity contribution in [2.24, 2.45) is 5.41 Å². The zero-order valence-corrected chi connectivity index (χ0v) is 14.9. The summed E-state index contributed by atoms with van der Waals surface area (Å²) in [6, 6.07) is 7.61. The van der Waals surface area contributed by atoms with Crippen molar-refractivity contribution in [1.82, 2.24) is 19.8 Å². The number of rotatable bonds is 3. The van der Waals surface area contributed by atoms with Gasteiger partial charge in [0.05, 0.1) is 17.8 Å². The number of likely N-dealkylation sites (tertiary alicyclic amines) is 2. The van der Waals surface area contributed by atoms with E-state index in [-0.39, 0.29) is 17.2 Å². The molecule has 0 radical (unpaired) electrons. The van der Waals surface area contributed by atoms with Crippen LogP contribution in [0.25, 0.3) is 0 Å². The molecule has 2 aliphatic heterocycles. The zero-order chi connectivity index (χ0) is 18.0. The molecule has 1 N–H and O–H groups in total. The molecule has 0 saturated carbocycles. The summed E-state index contributed by atoms with van der Waals surface area (Å²) in [5.74, 6) is 0.272.